The van der Waals surface area contributed by atoms with Crippen molar-refractivity contribution in [2.45, 2.75) is 45.1 Å². The molecule has 15 heavy (non-hydrogen) atoms. The third-order valence-electron chi connectivity index (χ3n) is 3.25. The smallest absolute Gasteiger partial charge is 0.0558 e. The van der Waals surface area contributed by atoms with Crippen molar-refractivity contribution >= 4 is 0 Å². The molecule has 1 atom stereocenters. The molecule has 3 nitrogen and oxygen atoms in total. The van der Waals surface area contributed by atoms with Crippen LogP contribution in [0, 0.1) is 0 Å². The molecule has 1 saturated heterocycles. The number of aliphatic hydroxyl groups excluding tert-OH is 1. The first-order valence-electron chi connectivity index (χ1n) is 6.44. The lowest BCUT2D eigenvalue weighted by molar-refractivity contribution is 0.119. The Morgan fingerprint density at radius 2 is 2.20 bits per heavy atom. The monoisotopic (exact) mass is 214 g/mol. The van der Waals surface area contributed by atoms with Crippen LogP contribution in [-0.4, -0.2) is 48.8 Å². The third kappa shape index (κ3) is 4.96. The Hall–Kier alpha value is -0.120. The van der Waals surface area contributed by atoms with Gasteiger partial charge in [0.1, 0.15) is 0 Å². The minimum Gasteiger partial charge on any atom is -0.395 e. The van der Waals surface area contributed by atoms with Crippen LogP contribution in [0.25, 0.3) is 0 Å². The van der Waals surface area contributed by atoms with Crippen LogP contribution < -0.4 is 5.32 Å². The van der Waals surface area contributed by atoms with E-state index in [2.05, 4.69) is 17.1 Å². The van der Waals surface area contributed by atoms with Gasteiger partial charge in [0.15, 0.2) is 0 Å². The highest BCUT2D eigenvalue weighted by molar-refractivity contribution is 4.79. The van der Waals surface area contributed by atoms with Crippen LogP contribution >= 0.6 is 0 Å². The second kappa shape index (κ2) is 8.08. The van der Waals surface area contributed by atoms with E-state index in [1.165, 1.54) is 32.1 Å². The predicted molar refractivity (Wildman–Crippen MR) is 64.1 cm³/mol. The molecule has 0 radical (unpaired) electrons. The molecule has 0 aliphatic carbocycles. The first-order chi connectivity index (χ1) is 7.38. The minimum absolute atomic E-state index is 0.297. The second-order valence-corrected chi connectivity index (χ2v) is 4.47. The summed E-state index contributed by atoms with van der Waals surface area (Å²) >= 11 is 0. The van der Waals surface area contributed by atoms with Crippen molar-refractivity contribution in [2.24, 2.45) is 0 Å². The van der Waals surface area contributed by atoms with E-state index in [9.17, 15) is 0 Å². The van der Waals surface area contributed by atoms with Crippen molar-refractivity contribution in [3.8, 4) is 0 Å². The van der Waals surface area contributed by atoms with Gasteiger partial charge in [-0.3, -0.25) is 4.90 Å². The van der Waals surface area contributed by atoms with Crippen LogP contribution in [0.1, 0.15) is 39.0 Å². The van der Waals surface area contributed by atoms with E-state index in [0.29, 0.717) is 12.6 Å². The van der Waals surface area contributed by atoms with Gasteiger partial charge in [-0.2, -0.15) is 0 Å². The van der Waals surface area contributed by atoms with Gasteiger partial charge >= 0.3 is 0 Å². The van der Waals surface area contributed by atoms with Gasteiger partial charge < -0.3 is 10.4 Å². The molecule has 2 N–H and O–H groups in total. The summed E-state index contributed by atoms with van der Waals surface area (Å²) < 4.78 is 0. The molecule has 0 aromatic heterocycles. The molecule has 1 heterocycles. The van der Waals surface area contributed by atoms with Gasteiger partial charge in [-0.25, -0.2) is 0 Å². The molecule has 0 amide bonds. The van der Waals surface area contributed by atoms with E-state index < -0.39 is 0 Å². The summed E-state index contributed by atoms with van der Waals surface area (Å²) in [5.74, 6) is 0. The highest BCUT2D eigenvalue weighted by atomic mass is 16.3. The molecule has 1 fully saturated rings. The molecule has 90 valence electrons. The van der Waals surface area contributed by atoms with Crippen LogP contribution in [0.15, 0.2) is 0 Å². The number of rotatable bonds is 7. The molecule has 0 spiro atoms. The average molecular weight is 214 g/mol. The van der Waals surface area contributed by atoms with Crippen LogP contribution in [0.5, 0.6) is 0 Å². The normalized spacial score (nSPS) is 23.2. The summed E-state index contributed by atoms with van der Waals surface area (Å²) in [4.78, 5) is 2.43. The van der Waals surface area contributed by atoms with Gasteiger partial charge in [0.05, 0.1) is 6.61 Å². The number of nitrogens with zero attached hydrogens (tertiary/aromatic N) is 1. The Kier molecular flexibility index (Phi) is 6.98. The fraction of sp³-hybridized carbons (Fsp3) is 1.00. The SMILES string of the molecule is CCCCCCC1CNCCN1CCO. The molecular weight excluding hydrogens is 188 g/mol. The zero-order chi connectivity index (χ0) is 10.9. The highest BCUT2D eigenvalue weighted by Gasteiger charge is 2.20. The zero-order valence-electron chi connectivity index (χ0n) is 10.0. The molecule has 0 bridgehead atoms. The van der Waals surface area contributed by atoms with E-state index >= 15 is 0 Å². The predicted octanol–water partition coefficient (Wildman–Crippen LogP) is 1.22. The van der Waals surface area contributed by atoms with E-state index in [4.69, 9.17) is 5.11 Å². The summed E-state index contributed by atoms with van der Waals surface area (Å²) in [6, 6.07) is 0.655. The molecule has 1 rings (SSSR count). The van der Waals surface area contributed by atoms with Crippen LogP contribution in [0.3, 0.4) is 0 Å². The van der Waals surface area contributed by atoms with E-state index in [1.807, 2.05) is 0 Å². The molecule has 1 aliphatic rings. The Morgan fingerprint density at radius 1 is 1.33 bits per heavy atom. The van der Waals surface area contributed by atoms with Gasteiger partial charge in [0.2, 0.25) is 0 Å². The summed E-state index contributed by atoms with van der Waals surface area (Å²) in [7, 11) is 0. The van der Waals surface area contributed by atoms with Crippen molar-refractivity contribution in [3.63, 3.8) is 0 Å². The number of aliphatic hydroxyl groups is 1. The molecular formula is C12H26N2O. The second-order valence-electron chi connectivity index (χ2n) is 4.47. The van der Waals surface area contributed by atoms with Gasteiger partial charge in [-0.05, 0) is 6.42 Å². The number of hydrogen-bond acceptors (Lipinski definition) is 3. The number of hydrogen-bond donors (Lipinski definition) is 2. The molecule has 3 heteroatoms. The Labute approximate surface area is 93.9 Å². The lowest BCUT2D eigenvalue weighted by Gasteiger charge is -2.35. The van der Waals surface area contributed by atoms with E-state index in [1.54, 1.807) is 0 Å². The lowest BCUT2D eigenvalue weighted by Crippen LogP contribution is -2.51. The number of β-amino-alcohol motifs (C(OH)–C–C–N with tert-alkyl or cyclic N) is 1. The summed E-state index contributed by atoms with van der Waals surface area (Å²) in [5, 5.41) is 12.4. The highest BCUT2D eigenvalue weighted by Crippen LogP contribution is 2.12. The largest absolute Gasteiger partial charge is 0.395 e. The third-order valence-corrected chi connectivity index (χ3v) is 3.25. The summed E-state index contributed by atoms with van der Waals surface area (Å²) in [6.45, 7) is 6.67. The maximum absolute atomic E-state index is 8.98. The van der Waals surface area contributed by atoms with E-state index in [-0.39, 0.29) is 0 Å². The Morgan fingerprint density at radius 3 is 2.93 bits per heavy atom. The maximum Gasteiger partial charge on any atom is 0.0558 e. The molecule has 0 aromatic rings. The summed E-state index contributed by atoms with van der Waals surface area (Å²) in [5.41, 5.74) is 0. The van der Waals surface area contributed by atoms with Crippen LogP contribution in [-0.2, 0) is 0 Å². The fourth-order valence-electron chi connectivity index (χ4n) is 2.32. The lowest BCUT2D eigenvalue weighted by atomic mass is 10.0. The van der Waals surface area contributed by atoms with Gasteiger partial charge in [-0.1, -0.05) is 32.6 Å². The van der Waals surface area contributed by atoms with Crippen LogP contribution in [0.4, 0.5) is 0 Å². The standard InChI is InChI=1S/C12H26N2O/c1-2-3-4-5-6-12-11-13-7-8-14(12)9-10-15/h12-13,15H,2-11H2,1H3. The topological polar surface area (TPSA) is 35.5 Å². The quantitative estimate of drug-likeness (QED) is 0.626. The van der Waals surface area contributed by atoms with Gasteiger partial charge in [0, 0.05) is 32.2 Å². The maximum atomic E-state index is 8.98. The molecule has 1 aliphatic heterocycles. The minimum atomic E-state index is 0.297. The Bertz CT molecular complexity index is 151. The first kappa shape index (κ1) is 12.9. The average Bonchev–Trinajstić information content (AvgIpc) is 2.27. The first-order valence-corrected chi connectivity index (χ1v) is 6.44. The fourth-order valence-corrected chi connectivity index (χ4v) is 2.32. The van der Waals surface area contributed by atoms with Crippen molar-refractivity contribution in [2.75, 3.05) is 32.8 Å². The number of nitrogens with one attached hydrogen (secondary N) is 1. The van der Waals surface area contributed by atoms with Gasteiger partial charge in [0.25, 0.3) is 0 Å². The van der Waals surface area contributed by atoms with Crippen molar-refractivity contribution in [1.29, 1.82) is 0 Å². The zero-order valence-corrected chi connectivity index (χ0v) is 10.0. The molecule has 0 aromatic carbocycles. The Balaban J connectivity index is 2.17. The van der Waals surface area contributed by atoms with Crippen molar-refractivity contribution in [1.82, 2.24) is 10.2 Å². The molecule has 1 unspecified atom stereocenters. The van der Waals surface area contributed by atoms with Crippen molar-refractivity contribution in [3.05, 3.63) is 0 Å². The van der Waals surface area contributed by atoms with Gasteiger partial charge in [-0.15, -0.1) is 0 Å². The number of unbranched alkanes of at least 4 members (excludes halogenated alkanes) is 3. The number of piperazine rings is 1. The van der Waals surface area contributed by atoms with Crippen LogP contribution in [0.2, 0.25) is 0 Å². The van der Waals surface area contributed by atoms with Crippen molar-refractivity contribution < 1.29 is 5.11 Å². The molecule has 0 saturated carbocycles. The van der Waals surface area contributed by atoms with E-state index in [0.717, 1.165) is 26.2 Å². The summed E-state index contributed by atoms with van der Waals surface area (Å²) in [6.07, 6.45) is 6.65.